The third-order valence-electron chi connectivity index (χ3n) is 3.41. The van der Waals surface area contributed by atoms with E-state index >= 15 is 0 Å². The van der Waals surface area contributed by atoms with Crippen molar-refractivity contribution in [3.63, 3.8) is 0 Å². The number of nitrogens with zero attached hydrogens (tertiary/aromatic N) is 4. The van der Waals surface area contributed by atoms with Gasteiger partial charge in [0.1, 0.15) is 0 Å². The first-order chi connectivity index (χ1) is 10.3. The minimum atomic E-state index is -0.460. The van der Waals surface area contributed by atoms with E-state index in [1.165, 1.54) is 0 Å². The van der Waals surface area contributed by atoms with Gasteiger partial charge in [-0.1, -0.05) is 18.2 Å². The van der Waals surface area contributed by atoms with E-state index in [0.29, 0.717) is 18.9 Å². The lowest BCUT2D eigenvalue weighted by Crippen LogP contribution is -2.11. The second-order valence-corrected chi connectivity index (χ2v) is 4.77. The van der Waals surface area contributed by atoms with Crippen molar-refractivity contribution < 1.29 is 9.47 Å². The number of aromatic nitrogens is 4. The first kappa shape index (κ1) is 13.9. The van der Waals surface area contributed by atoms with Gasteiger partial charge in [-0.15, -0.1) is 5.10 Å². The summed E-state index contributed by atoms with van der Waals surface area (Å²) < 4.78 is 13.1. The van der Waals surface area contributed by atoms with Gasteiger partial charge in [0.2, 0.25) is 0 Å². The number of aryl methyl sites for hydroxylation is 1. The molecule has 0 saturated heterocycles. The summed E-state index contributed by atoms with van der Waals surface area (Å²) in [5.41, 5.74) is 3.65. The topological polar surface area (TPSA) is 61.5 Å². The fraction of sp³-hybridized carbons (Fsp3) is 0.400. The second-order valence-electron chi connectivity index (χ2n) is 4.77. The predicted octanol–water partition coefficient (Wildman–Crippen LogP) is 2.66. The van der Waals surface area contributed by atoms with Crippen LogP contribution in [0.2, 0.25) is 0 Å². The van der Waals surface area contributed by atoms with E-state index in [-0.39, 0.29) is 0 Å². The summed E-state index contributed by atoms with van der Waals surface area (Å²) in [5, 5.41) is 13.1. The van der Waals surface area contributed by atoms with Gasteiger partial charge >= 0.3 is 0 Å². The Bertz CT molecular complexity index is 763. The summed E-state index contributed by atoms with van der Waals surface area (Å²) in [6.45, 7) is 7.05. The molecule has 0 aliphatic heterocycles. The van der Waals surface area contributed by atoms with Gasteiger partial charge in [-0.2, -0.15) is 4.52 Å². The molecule has 0 bridgehead atoms. The van der Waals surface area contributed by atoms with Crippen molar-refractivity contribution in [2.24, 2.45) is 0 Å². The van der Waals surface area contributed by atoms with Gasteiger partial charge in [0.05, 0.1) is 11.1 Å². The van der Waals surface area contributed by atoms with Gasteiger partial charge in [0.15, 0.2) is 11.9 Å². The number of ether oxygens (including phenoxy) is 2. The quantitative estimate of drug-likeness (QED) is 0.675. The van der Waals surface area contributed by atoms with Crippen LogP contribution in [0.4, 0.5) is 0 Å². The average molecular weight is 286 g/mol. The van der Waals surface area contributed by atoms with E-state index in [2.05, 4.69) is 15.5 Å². The number of rotatable bonds is 5. The Labute approximate surface area is 122 Å². The molecule has 1 aromatic carbocycles. The molecule has 6 heteroatoms. The van der Waals surface area contributed by atoms with E-state index in [1.807, 2.05) is 45.0 Å². The Morgan fingerprint density at radius 3 is 2.67 bits per heavy atom. The van der Waals surface area contributed by atoms with Crippen LogP contribution in [0.5, 0.6) is 0 Å². The number of fused-ring (bicyclic) bond motifs is 3. The van der Waals surface area contributed by atoms with Crippen LogP contribution in [0.15, 0.2) is 24.3 Å². The Morgan fingerprint density at radius 2 is 1.95 bits per heavy atom. The highest BCUT2D eigenvalue weighted by atomic mass is 16.7. The normalized spacial score (nSPS) is 11.8. The third kappa shape index (κ3) is 2.36. The van der Waals surface area contributed by atoms with E-state index < -0.39 is 6.29 Å². The van der Waals surface area contributed by atoms with Crippen LogP contribution in [-0.2, 0) is 9.47 Å². The van der Waals surface area contributed by atoms with Crippen molar-refractivity contribution in [3.8, 4) is 0 Å². The highest BCUT2D eigenvalue weighted by Crippen LogP contribution is 2.28. The minimum absolute atomic E-state index is 0.460. The molecule has 0 atom stereocenters. The van der Waals surface area contributed by atoms with Crippen molar-refractivity contribution in [2.45, 2.75) is 27.1 Å². The lowest BCUT2D eigenvalue weighted by molar-refractivity contribution is -0.139. The van der Waals surface area contributed by atoms with E-state index in [1.54, 1.807) is 4.52 Å². The molecule has 2 aromatic heterocycles. The molecule has 0 unspecified atom stereocenters. The minimum Gasteiger partial charge on any atom is -0.349 e. The molecule has 21 heavy (non-hydrogen) atoms. The smallest absolute Gasteiger partial charge is 0.188 e. The molecule has 0 spiro atoms. The lowest BCUT2D eigenvalue weighted by Gasteiger charge is -2.18. The van der Waals surface area contributed by atoms with Crippen LogP contribution in [0.1, 0.15) is 31.3 Å². The first-order valence-electron chi connectivity index (χ1n) is 7.09. The molecule has 0 aliphatic rings. The summed E-state index contributed by atoms with van der Waals surface area (Å²) in [5.74, 6) is 0. The van der Waals surface area contributed by atoms with Crippen LogP contribution in [0.3, 0.4) is 0 Å². The van der Waals surface area contributed by atoms with Gasteiger partial charge in [-0.05, 0) is 42.8 Å². The molecule has 6 nitrogen and oxygen atoms in total. The Balaban J connectivity index is 2.28. The van der Waals surface area contributed by atoms with Crippen LogP contribution >= 0.6 is 0 Å². The molecule has 110 valence electrons. The van der Waals surface area contributed by atoms with Crippen molar-refractivity contribution >= 4 is 16.6 Å². The highest BCUT2D eigenvalue weighted by molar-refractivity contribution is 5.85. The monoisotopic (exact) mass is 286 g/mol. The van der Waals surface area contributed by atoms with Gasteiger partial charge in [0, 0.05) is 18.6 Å². The number of pyridine rings is 1. The SMILES string of the molecule is CCOC(OCC)c1cc2cccc(C)c2n2nnnc12. The molecule has 0 radical (unpaired) electrons. The molecule has 2 heterocycles. The van der Waals surface area contributed by atoms with Gasteiger partial charge in [-0.3, -0.25) is 0 Å². The molecule has 3 aromatic rings. The summed E-state index contributed by atoms with van der Waals surface area (Å²) >= 11 is 0. The molecule has 0 N–H and O–H groups in total. The highest BCUT2D eigenvalue weighted by Gasteiger charge is 2.19. The fourth-order valence-corrected chi connectivity index (χ4v) is 2.54. The number of tetrazole rings is 1. The summed E-state index contributed by atoms with van der Waals surface area (Å²) in [6, 6.07) is 8.16. The molecule has 0 aliphatic carbocycles. The fourth-order valence-electron chi connectivity index (χ4n) is 2.54. The van der Waals surface area contributed by atoms with E-state index in [0.717, 1.165) is 22.0 Å². The van der Waals surface area contributed by atoms with Gasteiger partial charge in [-0.25, -0.2) is 0 Å². The van der Waals surface area contributed by atoms with Crippen molar-refractivity contribution in [1.82, 2.24) is 20.0 Å². The molecular weight excluding hydrogens is 268 g/mol. The molecule has 0 saturated carbocycles. The van der Waals surface area contributed by atoms with Crippen LogP contribution in [0, 0.1) is 6.92 Å². The summed E-state index contributed by atoms with van der Waals surface area (Å²) in [7, 11) is 0. The van der Waals surface area contributed by atoms with Crippen molar-refractivity contribution in [2.75, 3.05) is 13.2 Å². The number of hydrogen-bond acceptors (Lipinski definition) is 5. The summed E-state index contributed by atoms with van der Waals surface area (Å²) in [4.78, 5) is 0. The van der Waals surface area contributed by atoms with Crippen LogP contribution in [0.25, 0.3) is 16.6 Å². The zero-order chi connectivity index (χ0) is 14.8. The van der Waals surface area contributed by atoms with E-state index in [9.17, 15) is 0 Å². The Hall–Kier alpha value is -2.05. The first-order valence-corrected chi connectivity index (χ1v) is 7.09. The second kappa shape index (κ2) is 5.75. The van der Waals surface area contributed by atoms with Gasteiger partial charge < -0.3 is 9.47 Å². The zero-order valence-electron chi connectivity index (χ0n) is 12.4. The maximum atomic E-state index is 5.69. The maximum absolute atomic E-state index is 5.69. The third-order valence-corrected chi connectivity index (χ3v) is 3.41. The Kier molecular flexibility index (Phi) is 3.81. The maximum Gasteiger partial charge on any atom is 0.188 e. The predicted molar refractivity (Wildman–Crippen MR) is 79.0 cm³/mol. The zero-order valence-corrected chi connectivity index (χ0v) is 12.4. The lowest BCUT2D eigenvalue weighted by atomic mass is 10.1. The summed E-state index contributed by atoms with van der Waals surface area (Å²) in [6.07, 6.45) is -0.460. The van der Waals surface area contributed by atoms with E-state index in [4.69, 9.17) is 9.47 Å². The molecule has 0 amide bonds. The molecule has 0 fully saturated rings. The number of para-hydroxylation sites is 1. The van der Waals surface area contributed by atoms with Crippen molar-refractivity contribution in [1.29, 1.82) is 0 Å². The standard InChI is InChI=1S/C15H18N4O2/c1-4-20-15(21-5-2)12-9-11-8-6-7-10(3)13(11)19-14(12)16-17-18-19/h6-9,15H,4-5H2,1-3H3. The van der Waals surface area contributed by atoms with Crippen LogP contribution < -0.4 is 0 Å². The number of benzene rings is 1. The average Bonchev–Trinajstić information content (AvgIpc) is 2.95. The van der Waals surface area contributed by atoms with Crippen LogP contribution in [-0.4, -0.2) is 33.3 Å². The Morgan fingerprint density at radius 1 is 1.19 bits per heavy atom. The van der Waals surface area contributed by atoms with Crippen molar-refractivity contribution in [3.05, 3.63) is 35.4 Å². The number of hydrogen-bond donors (Lipinski definition) is 0. The molecule has 3 rings (SSSR count). The molecular formula is C15H18N4O2. The van der Waals surface area contributed by atoms with Gasteiger partial charge in [0.25, 0.3) is 0 Å². The largest absolute Gasteiger partial charge is 0.349 e.